The van der Waals surface area contributed by atoms with Gasteiger partial charge >= 0.3 is 6.55 Å². The number of halogens is 2. The van der Waals surface area contributed by atoms with Gasteiger partial charge in [-0.15, -0.1) is 0 Å². The van der Waals surface area contributed by atoms with E-state index in [2.05, 4.69) is 35.8 Å². The molecular weight excluding hydrogens is 568 g/mol. The van der Waals surface area contributed by atoms with Gasteiger partial charge in [-0.25, -0.2) is 28.1 Å². The van der Waals surface area contributed by atoms with Crippen molar-refractivity contribution in [3.63, 3.8) is 0 Å². The van der Waals surface area contributed by atoms with Crippen molar-refractivity contribution in [2.24, 2.45) is 0 Å². The van der Waals surface area contributed by atoms with Gasteiger partial charge in [-0.05, 0) is 51.2 Å². The Morgan fingerprint density at radius 3 is 2.67 bits per heavy atom. The van der Waals surface area contributed by atoms with Crippen molar-refractivity contribution >= 4 is 27.3 Å². The normalized spacial score (nSPS) is 19.2. The first-order valence-electron chi connectivity index (χ1n) is 13.7. The molecule has 0 spiro atoms. The van der Waals surface area contributed by atoms with Crippen molar-refractivity contribution in [3.05, 3.63) is 49.2 Å². The predicted octanol–water partition coefficient (Wildman–Crippen LogP) is 4.82. The minimum Gasteiger partial charge on any atom is -0.390 e. The molecule has 1 aliphatic carbocycles. The van der Waals surface area contributed by atoms with Crippen LogP contribution in [0.15, 0.2) is 49.2 Å². The minimum absolute atomic E-state index is 0.00629. The molecule has 4 heterocycles. The zero-order chi connectivity index (χ0) is 29.9. The van der Waals surface area contributed by atoms with E-state index in [0.29, 0.717) is 58.1 Å². The topological polar surface area (TPSA) is 153 Å². The van der Waals surface area contributed by atoms with Gasteiger partial charge in [-0.3, -0.25) is 0 Å². The molecule has 0 atom stereocenters. The summed E-state index contributed by atoms with van der Waals surface area (Å²) in [6, 6.07) is 4.96. The molecule has 4 aromatic heterocycles. The first kappa shape index (κ1) is 29.5. The Hall–Kier alpha value is -3.98. The molecule has 1 saturated carbocycles. The third kappa shape index (κ3) is 6.90. The van der Waals surface area contributed by atoms with E-state index in [9.17, 15) is 22.3 Å². The van der Waals surface area contributed by atoms with E-state index in [1.165, 1.54) is 30.9 Å². The van der Waals surface area contributed by atoms with E-state index in [0.717, 1.165) is 23.3 Å². The lowest BCUT2D eigenvalue weighted by Crippen LogP contribution is -2.35. The van der Waals surface area contributed by atoms with E-state index in [1.54, 1.807) is 18.3 Å². The van der Waals surface area contributed by atoms with E-state index in [1.807, 2.05) is 13.8 Å². The number of aliphatic hydroxyl groups is 1. The summed E-state index contributed by atoms with van der Waals surface area (Å²) >= 11 is 0. The first-order chi connectivity index (χ1) is 20.0. The lowest BCUT2D eigenvalue weighted by molar-refractivity contribution is 0.0196. The maximum absolute atomic E-state index is 13.2. The summed E-state index contributed by atoms with van der Waals surface area (Å²) in [5.41, 5.74) is 1.27. The van der Waals surface area contributed by atoms with Gasteiger partial charge in [0.05, 0.1) is 35.0 Å². The highest BCUT2D eigenvalue weighted by Crippen LogP contribution is 2.34. The number of rotatable bonds is 11. The lowest BCUT2D eigenvalue weighted by Gasteiger charge is -2.34. The molecule has 0 amide bonds. The van der Waals surface area contributed by atoms with Gasteiger partial charge in [0.1, 0.15) is 11.6 Å². The van der Waals surface area contributed by atoms with Crippen molar-refractivity contribution in [2.45, 2.75) is 70.6 Å². The number of aromatic nitrogens is 7. The number of hydrogen-bond acceptors (Lipinski definition) is 10. The standard InChI is InChI=1S/C27H33F2N9O3S/c1-3-4-13-42(40,41)38-17-18(15-32-38)25-30-11-7-23(35-25)34-24-14-22(33-19-5-9-27(2,39)10-6-19)20(16-31-24)21-8-12-37(36-21)26(28)29/h7-8,11-12,14-17,19,26,39H,3-6,9-10,13H2,1-2H3,(H2,30,31,33,34,35). The van der Waals surface area contributed by atoms with Crippen LogP contribution >= 0.6 is 0 Å². The van der Waals surface area contributed by atoms with Crippen LogP contribution in [0.3, 0.4) is 0 Å². The molecule has 0 saturated heterocycles. The second-order valence-electron chi connectivity index (χ2n) is 10.7. The zero-order valence-corrected chi connectivity index (χ0v) is 24.1. The Morgan fingerprint density at radius 1 is 1.17 bits per heavy atom. The molecule has 1 aliphatic rings. The number of nitrogens with one attached hydrogen (secondary N) is 2. The molecule has 0 aliphatic heterocycles. The fraction of sp³-hybridized carbons (Fsp3) is 0.444. The van der Waals surface area contributed by atoms with Gasteiger partial charge < -0.3 is 15.7 Å². The summed E-state index contributed by atoms with van der Waals surface area (Å²) in [5.74, 6) is 1.11. The molecule has 0 radical (unpaired) electrons. The van der Waals surface area contributed by atoms with Crippen LogP contribution < -0.4 is 10.6 Å². The van der Waals surface area contributed by atoms with E-state index in [-0.39, 0.29) is 17.6 Å². The quantitative estimate of drug-likeness (QED) is 0.218. The van der Waals surface area contributed by atoms with Crippen molar-refractivity contribution in [2.75, 3.05) is 16.4 Å². The molecule has 0 bridgehead atoms. The number of pyridine rings is 1. The maximum Gasteiger partial charge on any atom is 0.333 e. The van der Waals surface area contributed by atoms with Crippen LogP contribution in [0.2, 0.25) is 0 Å². The average molecular weight is 602 g/mol. The van der Waals surface area contributed by atoms with Crippen LogP contribution in [0.25, 0.3) is 22.6 Å². The Balaban J connectivity index is 1.39. The number of alkyl halides is 2. The van der Waals surface area contributed by atoms with Crippen LogP contribution in [-0.2, 0) is 10.0 Å². The Labute approximate surface area is 242 Å². The van der Waals surface area contributed by atoms with Gasteiger partial charge in [0.2, 0.25) is 0 Å². The molecule has 4 aromatic rings. The third-order valence-electron chi connectivity index (χ3n) is 7.18. The third-order valence-corrected chi connectivity index (χ3v) is 8.76. The van der Waals surface area contributed by atoms with Gasteiger partial charge in [0.15, 0.2) is 5.82 Å². The largest absolute Gasteiger partial charge is 0.390 e. The van der Waals surface area contributed by atoms with E-state index >= 15 is 0 Å². The fourth-order valence-electron chi connectivity index (χ4n) is 4.73. The molecule has 3 N–H and O–H groups in total. The van der Waals surface area contributed by atoms with E-state index in [4.69, 9.17) is 0 Å². The van der Waals surface area contributed by atoms with Crippen LogP contribution in [0, 0.1) is 0 Å². The highest BCUT2D eigenvalue weighted by molar-refractivity contribution is 7.89. The molecule has 12 nitrogen and oxygen atoms in total. The number of unbranched alkanes of at least 4 members (excludes halogenated alkanes) is 1. The van der Waals surface area contributed by atoms with Crippen LogP contribution in [0.4, 0.5) is 26.1 Å². The van der Waals surface area contributed by atoms with Gasteiger partial charge in [-0.2, -0.15) is 23.1 Å². The second-order valence-corrected chi connectivity index (χ2v) is 12.6. The summed E-state index contributed by atoms with van der Waals surface area (Å²) in [7, 11) is -3.57. The molecule has 1 fully saturated rings. The summed E-state index contributed by atoms with van der Waals surface area (Å²) in [6.07, 6.45) is 11.1. The minimum atomic E-state index is -3.57. The molecule has 0 aromatic carbocycles. The van der Waals surface area contributed by atoms with Crippen molar-refractivity contribution < 1.29 is 22.3 Å². The second kappa shape index (κ2) is 12.1. The molecule has 42 heavy (non-hydrogen) atoms. The highest BCUT2D eigenvalue weighted by Gasteiger charge is 2.29. The smallest absolute Gasteiger partial charge is 0.333 e. The molecule has 5 rings (SSSR count). The van der Waals surface area contributed by atoms with Crippen LogP contribution in [-0.4, -0.2) is 64.8 Å². The number of nitrogens with zero attached hydrogens (tertiary/aromatic N) is 7. The van der Waals surface area contributed by atoms with E-state index < -0.39 is 22.2 Å². The van der Waals surface area contributed by atoms with Gasteiger partial charge in [-0.1, -0.05) is 13.3 Å². The predicted molar refractivity (Wildman–Crippen MR) is 154 cm³/mol. The lowest BCUT2D eigenvalue weighted by atomic mass is 9.83. The zero-order valence-electron chi connectivity index (χ0n) is 23.3. The summed E-state index contributed by atoms with van der Waals surface area (Å²) in [4.78, 5) is 13.2. The van der Waals surface area contributed by atoms with Gasteiger partial charge in [0, 0.05) is 41.9 Å². The van der Waals surface area contributed by atoms with Crippen molar-refractivity contribution in [1.82, 2.24) is 33.9 Å². The summed E-state index contributed by atoms with van der Waals surface area (Å²) in [6.45, 7) is 0.979. The Morgan fingerprint density at radius 2 is 1.95 bits per heavy atom. The average Bonchev–Trinajstić information content (AvgIpc) is 3.65. The van der Waals surface area contributed by atoms with Crippen molar-refractivity contribution in [3.8, 4) is 22.6 Å². The fourth-order valence-corrected chi connectivity index (χ4v) is 6.04. The van der Waals surface area contributed by atoms with Crippen LogP contribution in [0.5, 0.6) is 0 Å². The monoisotopic (exact) mass is 601 g/mol. The first-order valence-corrected chi connectivity index (χ1v) is 15.3. The Kier molecular flexibility index (Phi) is 8.50. The van der Waals surface area contributed by atoms with Crippen LogP contribution in [0.1, 0.15) is 58.9 Å². The maximum atomic E-state index is 13.2. The van der Waals surface area contributed by atoms with Gasteiger partial charge in [0.25, 0.3) is 10.0 Å². The number of anilines is 3. The summed E-state index contributed by atoms with van der Waals surface area (Å²) < 4.78 is 52.9. The number of hydrogen-bond donors (Lipinski definition) is 3. The Bertz CT molecular complexity index is 1630. The highest BCUT2D eigenvalue weighted by atomic mass is 32.2. The molecule has 15 heteroatoms. The molecule has 0 unspecified atom stereocenters. The molecular formula is C27H33F2N9O3S. The summed E-state index contributed by atoms with van der Waals surface area (Å²) in [5, 5.41) is 25.0. The van der Waals surface area contributed by atoms with Crippen molar-refractivity contribution in [1.29, 1.82) is 0 Å². The SMILES string of the molecule is CCCCS(=O)(=O)n1cc(-c2nccc(Nc3cc(NC4CCC(C)(O)CC4)c(-c4ccn(C(F)F)n4)cn3)n2)cn1. The molecule has 224 valence electrons.